The van der Waals surface area contributed by atoms with Crippen LogP contribution in [0.2, 0.25) is 10.0 Å². The van der Waals surface area contributed by atoms with E-state index in [2.05, 4.69) is 4.98 Å². The van der Waals surface area contributed by atoms with Crippen LogP contribution in [0.5, 0.6) is 0 Å². The number of hydrogen-bond acceptors (Lipinski definition) is 2. The van der Waals surface area contributed by atoms with Crippen LogP contribution in [0.25, 0.3) is 0 Å². The van der Waals surface area contributed by atoms with Gasteiger partial charge in [0.1, 0.15) is 0 Å². The van der Waals surface area contributed by atoms with E-state index < -0.39 is 5.54 Å². The van der Waals surface area contributed by atoms with Crippen LogP contribution in [0.3, 0.4) is 0 Å². The van der Waals surface area contributed by atoms with Crippen molar-refractivity contribution in [3.05, 3.63) is 63.9 Å². The lowest BCUT2D eigenvalue weighted by molar-refractivity contribution is 0.600. The molecule has 2 N–H and O–H groups in total. The maximum atomic E-state index is 6.34. The van der Waals surface area contributed by atoms with Gasteiger partial charge in [0.25, 0.3) is 0 Å². The maximum absolute atomic E-state index is 6.34. The highest BCUT2D eigenvalue weighted by Crippen LogP contribution is 2.30. The van der Waals surface area contributed by atoms with Crippen LogP contribution in [0.15, 0.2) is 42.7 Å². The number of halogens is 2. The minimum absolute atomic E-state index is 0.504. The molecule has 2 aromatic rings. The van der Waals surface area contributed by atoms with Crippen LogP contribution in [0, 0.1) is 0 Å². The summed E-state index contributed by atoms with van der Waals surface area (Å²) < 4.78 is 0. The molecule has 88 valence electrons. The molecule has 1 unspecified atom stereocenters. The van der Waals surface area contributed by atoms with Gasteiger partial charge in [0.05, 0.1) is 15.6 Å². The second-order valence-electron chi connectivity index (χ2n) is 4.07. The van der Waals surface area contributed by atoms with Crippen LogP contribution in [0.4, 0.5) is 0 Å². The van der Waals surface area contributed by atoms with Crippen molar-refractivity contribution in [3.8, 4) is 0 Å². The summed E-state index contributed by atoms with van der Waals surface area (Å²) >= 11 is 11.9. The number of rotatable bonds is 2. The number of hydrogen-bond donors (Lipinski definition) is 1. The quantitative estimate of drug-likeness (QED) is 0.902. The Bertz CT molecular complexity index is 524. The number of nitrogens with zero attached hydrogens (tertiary/aromatic N) is 1. The monoisotopic (exact) mass is 266 g/mol. The number of nitrogens with two attached hydrogens (primary N) is 1. The molecule has 0 aliphatic rings. The maximum Gasteiger partial charge on any atom is 0.0652 e. The zero-order valence-corrected chi connectivity index (χ0v) is 10.8. The average molecular weight is 267 g/mol. The highest BCUT2D eigenvalue weighted by molar-refractivity contribution is 6.42. The van der Waals surface area contributed by atoms with E-state index in [1.807, 2.05) is 25.1 Å². The van der Waals surface area contributed by atoms with Crippen molar-refractivity contribution < 1.29 is 0 Å². The van der Waals surface area contributed by atoms with Gasteiger partial charge in [-0.2, -0.15) is 0 Å². The van der Waals surface area contributed by atoms with Gasteiger partial charge >= 0.3 is 0 Å². The first-order valence-corrected chi connectivity index (χ1v) is 5.92. The van der Waals surface area contributed by atoms with Gasteiger partial charge in [0.2, 0.25) is 0 Å². The van der Waals surface area contributed by atoms with Gasteiger partial charge in [0.15, 0.2) is 0 Å². The molecule has 0 amide bonds. The third-order valence-corrected chi connectivity index (χ3v) is 3.52. The molecule has 0 spiro atoms. The SMILES string of the molecule is CC(N)(c1cccnc1)c1ccc(Cl)c(Cl)c1. The van der Waals surface area contributed by atoms with E-state index in [4.69, 9.17) is 28.9 Å². The van der Waals surface area contributed by atoms with E-state index in [-0.39, 0.29) is 0 Å². The molecule has 4 heteroatoms. The predicted octanol–water partition coefficient (Wildman–Crippen LogP) is 3.61. The Hall–Kier alpha value is -1.09. The molecule has 0 aliphatic carbocycles. The first-order valence-electron chi connectivity index (χ1n) is 5.17. The van der Waals surface area contributed by atoms with Gasteiger partial charge in [-0.15, -0.1) is 0 Å². The molecule has 1 atom stereocenters. The lowest BCUT2D eigenvalue weighted by atomic mass is 9.87. The summed E-state index contributed by atoms with van der Waals surface area (Å²) in [5.41, 5.74) is 7.53. The summed E-state index contributed by atoms with van der Waals surface area (Å²) in [6.45, 7) is 1.92. The molecule has 0 fully saturated rings. The van der Waals surface area contributed by atoms with Crippen molar-refractivity contribution in [2.45, 2.75) is 12.5 Å². The summed E-state index contributed by atoms with van der Waals surface area (Å²) in [6.07, 6.45) is 3.47. The fraction of sp³-hybridized carbons (Fsp3) is 0.154. The van der Waals surface area contributed by atoms with Crippen molar-refractivity contribution >= 4 is 23.2 Å². The lowest BCUT2D eigenvalue weighted by Crippen LogP contribution is -2.34. The molecule has 0 aliphatic heterocycles. The third kappa shape index (κ3) is 2.44. The third-order valence-electron chi connectivity index (χ3n) is 2.78. The summed E-state index contributed by atoms with van der Waals surface area (Å²) in [5, 5.41) is 1.03. The van der Waals surface area contributed by atoms with E-state index in [0.29, 0.717) is 10.0 Å². The molecular weight excluding hydrogens is 255 g/mol. The fourth-order valence-corrected chi connectivity index (χ4v) is 1.95. The van der Waals surface area contributed by atoms with E-state index in [1.54, 1.807) is 24.5 Å². The minimum Gasteiger partial charge on any atom is -0.318 e. The standard InChI is InChI=1S/C13H12Cl2N2/c1-13(16,10-3-2-6-17-8-10)9-4-5-11(14)12(15)7-9/h2-8H,16H2,1H3. The second kappa shape index (κ2) is 4.65. The summed E-state index contributed by atoms with van der Waals surface area (Å²) in [6, 6.07) is 9.21. The summed E-state index contributed by atoms with van der Waals surface area (Å²) in [5.74, 6) is 0. The van der Waals surface area contributed by atoms with Crippen molar-refractivity contribution in [2.24, 2.45) is 5.73 Å². The highest BCUT2D eigenvalue weighted by atomic mass is 35.5. The van der Waals surface area contributed by atoms with E-state index >= 15 is 0 Å². The van der Waals surface area contributed by atoms with Crippen molar-refractivity contribution in [2.75, 3.05) is 0 Å². The molecule has 1 aromatic carbocycles. The molecule has 2 nitrogen and oxygen atoms in total. The lowest BCUT2D eigenvalue weighted by Gasteiger charge is -2.25. The zero-order chi connectivity index (χ0) is 12.5. The fourth-order valence-electron chi connectivity index (χ4n) is 1.66. The van der Waals surface area contributed by atoms with Crippen LogP contribution in [-0.4, -0.2) is 4.98 Å². The smallest absolute Gasteiger partial charge is 0.0652 e. The Balaban J connectivity index is 2.48. The second-order valence-corrected chi connectivity index (χ2v) is 4.89. The molecule has 1 heterocycles. The zero-order valence-electron chi connectivity index (χ0n) is 9.32. The van der Waals surface area contributed by atoms with Crippen LogP contribution < -0.4 is 5.73 Å². The molecule has 2 rings (SSSR count). The molecular formula is C13H12Cl2N2. The molecule has 1 aromatic heterocycles. The number of pyridine rings is 1. The van der Waals surface area contributed by atoms with Crippen LogP contribution in [0.1, 0.15) is 18.1 Å². The van der Waals surface area contributed by atoms with Crippen LogP contribution >= 0.6 is 23.2 Å². The van der Waals surface area contributed by atoms with Crippen molar-refractivity contribution in [3.63, 3.8) is 0 Å². The van der Waals surface area contributed by atoms with Gasteiger partial charge in [-0.1, -0.05) is 35.3 Å². The first-order chi connectivity index (χ1) is 8.01. The van der Waals surface area contributed by atoms with Crippen molar-refractivity contribution in [1.29, 1.82) is 0 Å². The molecule has 0 bridgehead atoms. The number of benzene rings is 1. The largest absolute Gasteiger partial charge is 0.318 e. The average Bonchev–Trinajstić information content (AvgIpc) is 2.33. The minimum atomic E-state index is -0.636. The molecule has 0 saturated carbocycles. The molecule has 0 radical (unpaired) electrons. The summed E-state index contributed by atoms with van der Waals surface area (Å²) in [7, 11) is 0. The van der Waals surface area contributed by atoms with E-state index in [1.165, 1.54) is 0 Å². The van der Waals surface area contributed by atoms with Gasteiger partial charge in [-0.05, 0) is 36.2 Å². The van der Waals surface area contributed by atoms with Crippen LogP contribution in [-0.2, 0) is 5.54 Å². The van der Waals surface area contributed by atoms with Gasteiger partial charge in [-0.25, -0.2) is 0 Å². The van der Waals surface area contributed by atoms with E-state index in [0.717, 1.165) is 11.1 Å². The normalized spacial score (nSPS) is 14.4. The van der Waals surface area contributed by atoms with E-state index in [9.17, 15) is 0 Å². The first kappa shape index (κ1) is 12.4. The van der Waals surface area contributed by atoms with Crippen molar-refractivity contribution in [1.82, 2.24) is 4.98 Å². The molecule has 17 heavy (non-hydrogen) atoms. The summed E-state index contributed by atoms with van der Waals surface area (Å²) in [4.78, 5) is 4.08. The van der Waals surface area contributed by atoms with Gasteiger partial charge in [0, 0.05) is 12.4 Å². The Morgan fingerprint density at radius 3 is 2.47 bits per heavy atom. The Morgan fingerprint density at radius 2 is 1.88 bits per heavy atom. The molecule has 0 saturated heterocycles. The van der Waals surface area contributed by atoms with Gasteiger partial charge in [-0.3, -0.25) is 4.98 Å². The predicted molar refractivity (Wildman–Crippen MR) is 71.3 cm³/mol. The Kier molecular flexibility index (Phi) is 3.38. The highest BCUT2D eigenvalue weighted by Gasteiger charge is 2.24. The van der Waals surface area contributed by atoms with Gasteiger partial charge < -0.3 is 5.73 Å². The Morgan fingerprint density at radius 1 is 1.12 bits per heavy atom. The Labute approximate surface area is 110 Å². The number of aromatic nitrogens is 1. The topological polar surface area (TPSA) is 38.9 Å².